The second kappa shape index (κ2) is 9.33. The first-order valence-electron chi connectivity index (χ1n) is 7.96. The number of rotatable bonds is 6. The van der Waals surface area contributed by atoms with Crippen molar-refractivity contribution in [3.8, 4) is 0 Å². The van der Waals surface area contributed by atoms with Crippen LogP contribution in [0.2, 0.25) is 5.02 Å². The Hall–Kier alpha value is -1.20. The normalized spacial score (nSPS) is 17.0. The maximum Gasteiger partial charge on any atom is 0.124 e. The molecule has 1 aliphatic rings. The molecule has 0 amide bonds. The van der Waals surface area contributed by atoms with Gasteiger partial charge in [-0.2, -0.15) is 0 Å². The highest BCUT2D eigenvalue weighted by atomic mass is 35.5. The van der Waals surface area contributed by atoms with Crippen molar-refractivity contribution in [3.63, 3.8) is 0 Å². The molecule has 1 N–H and O–H groups in total. The number of benzene rings is 1. The number of nitrogens with one attached hydrogen (secondary N) is 1. The molecule has 1 atom stereocenters. The maximum atomic E-state index is 13.2. The molecule has 1 aliphatic heterocycles. The van der Waals surface area contributed by atoms with E-state index in [0.717, 1.165) is 31.7 Å². The molecular weight excluding hydrogens is 348 g/mol. The molecule has 2 heterocycles. The molecule has 0 spiro atoms. The molecule has 0 aliphatic carbocycles. The smallest absolute Gasteiger partial charge is 0.124 e. The molecular formula is C18H22Cl2FN3. The zero-order valence-corrected chi connectivity index (χ0v) is 15.0. The van der Waals surface area contributed by atoms with Gasteiger partial charge in [-0.05, 0) is 54.8 Å². The lowest BCUT2D eigenvalue weighted by atomic mass is 10.1. The van der Waals surface area contributed by atoms with E-state index in [9.17, 15) is 4.39 Å². The number of halogens is 3. The number of hydrogen-bond donors (Lipinski definition) is 1. The van der Waals surface area contributed by atoms with Crippen LogP contribution in [0.4, 0.5) is 4.39 Å². The summed E-state index contributed by atoms with van der Waals surface area (Å²) in [6, 6.07) is 8.67. The fourth-order valence-corrected chi connectivity index (χ4v) is 3.29. The van der Waals surface area contributed by atoms with Gasteiger partial charge in [-0.1, -0.05) is 23.7 Å². The lowest BCUT2D eigenvalue weighted by Gasteiger charge is -2.25. The van der Waals surface area contributed by atoms with Gasteiger partial charge in [0, 0.05) is 37.1 Å². The van der Waals surface area contributed by atoms with Crippen molar-refractivity contribution in [3.05, 3.63) is 64.7 Å². The molecule has 2 aromatic rings. The minimum absolute atomic E-state index is 0. The SMILES string of the molecule is Cl.Fc1ccc(CN(Cc2cccnc2)CC2CCNC2)c(Cl)c1. The van der Waals surface area contributed by atoms with E-state index in [0.29, 0.717) is 17.5 Å². The van der Waals surface area contributed by atoms with Crippen molar-refractivity contribution < 1.29 is 4.39 Å². The predicted molar refractivity (Wildman–Crippen MR) is 98.0 cm³/mol. The summed E-state index contributed by atoms with van der Waals surface area (Å²) < 4.78 is 13.2. The summed E-state index contributed by atoms with van der Waals surface area (Å²) >= 11 is 6.20. The topological polar surface area (TPSA) is 28.2 Å². The fraction of sp³-hybridized carbons (Fsp3) is 0.389. The highest BCUT2D eigenvalue weighted by molar-refractivity contribution is 6.31. The van der Waals surface area contributed by atoms with Gasteiger partial charge >= 0.3 is 0 Å². The van der Waals surface area contributed by atoms with E-state index in [1.165, 1.54) is 24.1 Å². The first-order valence-corrected chi connectivity index (χ1v) is 8.34. The van der Waals surface area contributed by atoms with Crippen LogP contribution in [-0.2, 0) is 13.1 Å². The Balaban J connectivity index is 0.00000208. The van der Waals surface area contributed by atoms with Crippen LogP contribution in [0.25, 0.3) is 0 Å². The van der Waals surface area contributed by atoms with Gasteiger partial charge in [-0.15, -0.1) is 12.4 Å². The van der Waals surface area contributed by atoms with Crippen LogP contribution in [0.1, 0.15) is 17.5 Å². The highest BCUT2D eigenvalue weighted by Crippen LogP contribution is 2.21. The molecule has 1 saturated heterocycles. The molecule has 3 rings (SSSR count). The lowest BCUT2D eigenvalue weighted by molar-refractivity contribution is 0.220. The average molecular weight is 370 g/mol. The Morgan fingerprint density at radius 1 is 1.29 bits per heavy atom. The summed E-state index contributed by atoms with van der Waals surface area (Å²) in [4.78, 5) is 6.56. The van der Waals surface area contributed by atoms with Crippen molar-refractivity contribution >= 4 is 24.0 Å². The van der Waals surface area contributed by atoms with Crippen LogP contribution in [0, 0.1) is 11.7 Å². The second-order valence-corrected chi connectivity index (χ2v) is 6.53. The van der Waals surface area contributed by atoms with Crippen molar-refractivity contribution in [2.75, 3.05) is 19.6 Å². The summed E-state index contributed by atoms with van der Waals surface area (Å²) in [5, 5.41) is 3.90. The van der Waals surface area contributed by atoms with Gasteiger partial charge in [0.25, 0.3) is 0 Å². The fourth-order valence-electron chi connectivity index (χ4n) is 3.06. The van der Waals surface area contributed by atoms with E-state index in [1.807, 2.05) is 12.3 Å². The zero-order chi connectivity index (χ0) is 16.1. The minimum Gasteiger partial charge on any atom is -0.316 e. The molecule has 1 unspecified atom stereocenters. The van der Waals surface area contributed by atoms with Crippen LogP contribution >= 0.6 is 24.0 Å². The molecule has 24 heavy (non-hydrogen) atoms. The predicted octanol–water partition coefficient (Wildman–Crippen LogP) is 3.91. The third kappa shape index (κ3) is 5.42. The molecule has 1 fully saturated rings. The second-order valence-electron chi connectivity index (χ2n) is 6.13. The molecule has 1 aromatic heterocycles. The Kier molecular flexibility index (Phi) is 7.43. The number of pyridine rings is 1. The highest BCUT2D eigenvalue weighted by Gasteiger charge is 2.19. The minimum atomic E-state index is -0.294. The van der Waals surface area contributed by atoms with Crippen molar-refractivity contribution in [1.82, 2.24) is 15.2 Å². The van der Waals surface area contributed by atoms with Gasteiger partial charge < -0.3 is 5.32 Å². The molecule has 3 nitrogen and oxygen atoms in total. The molecule has 130 valence electrons. The average Bonchev–Trinajstić information content (AvgIpc) is 3.04. The third-order valence-electron chi connectivity index (χ3n) is 4.22. The third-order valence-corrected chi connectivity index (χ3v) is 4.57. The standard InChI is InChI=1S/C18H21ClFN3.ClH/c19-18-8-17(20)4-3-16(18)13-23(12-15-5-7-22-10-15)11-14-2-1-6-21-9-14;/h1-4,6,8-9,15,22H,5,7,10-13H2;1H. The molecule has 0 bridgehead atoms. The number of nitrogens with zero attached hydrogens (tertiary/aromatic N) is 2. The van der Waals surface area contributed by atoms with Gasteiger partial charge in [-0.3, -0.25) is 9.88 Å². The summed E-state index contributed by atoms with van der Waals surface area (Å²) in [5.74, 6) is 0.350. The van der Waals surface area contributed by atoms with Crippen LogP contribution in [0.5, 0.6) is 0 Å². The van der Waals surface area contributed by atoms with Crippen LogP contribution in [0.3, 0.4) is 0 Å². The molecule has 0 radical (unpaired) electrons. The summed E-state index contributed by atoms with van der Waals surface area (Å²) in [7, 11) is 0. The van der Waals surface area contributed by atoms with E-state index < -0.39 is 0 Å². The van der Waals surface area contributed by atoms with Gasteiger partial charge in [0.1, 0.15) is 5.82 Å². The van der Waals surface area contributed by atoms with E-state index in [-0.39, 0.29) is 18.2 Å². The first-order chi connectivity index (χ1) is 11.2. The van der Waals surface area contributed by atoms with E-state index >= 15 is 0 Å². The monoisotopic (exact) mass is 369 g/mol. The molecule has 0 saturated carbocycles. The van der Waals surface area contributed by atoms with Gasteiger partial charge in [0.2, 0.25) is 0 Å². The van der Waals surface area contributed by atoms with Gasteiger partial charge in [0.05, 0.1) is 0 Å². The van der Waals surface area contributed by atoms with Crippen LogP contribution < -0.4 is 5.32 Å². The van der Waals surface area contributed by atoms with E-state index in [2.05, 4.69) is 21.3 Å². The maximum absolute atomic E-state index is 13.2. The quantitative estimate of drug-likeness (QED) is 0.836. The number of hydrogen-bond acceptors (Lipinski definition) is 3. The van der Waals surface area contributed by atoms with Crippen LogP contribution in [-0.4, -0.2) is 29.5 Å². The van der Waals surface area contributed by atoms with Crippen molar-refractivity contribution in [2.45, 2.75) is 19.5 Å². The Bertz CT molecular complexity index is 633. The largest absolute Gasteiger partial charge is 0.316 e. The first kappa shape index (κ1) is 19.1. The Morgan fingerprint density at radius 3 is 2.83 bits per heavy atom. The zero-order valence-electron chi connectivity index (χ0n) is 13.4. The summed E-state index contributed by atoms with van der Waals surface area (Å²) in [6.07, 6.45) is 4.87. The van der Waals surface area contributed by atoms with Gasteiger partial charge in [-0.25, -0.2) is 4.39 Å². The van der Waals surface area contributed by atoms with Crippen LogP contribution in [0.15, 0.2) is 42.7 Å². The Morgan fingerprint density at radius 2 is 2.17 bits per heavy atom. The van der Waals surface area contributed by atoms with Crippen molar-refractivity contribution in [1.29, 1.82) is 0 Å². The lowest BCUT2D eigenvalue weighted by Crippen LogP contribution is -2.30. The molecule has 6 heteroatoms. The Labute approximate surface area is 153 Å². The summed E-state index contributed by atoms with van der Waals surface area (Å²) in [6.45, 7) is 4.67. The molecule has 1 aromatic carbocycles. The van der Waals surface area contributed by atoms with Gasteiger partial charge in [0.15, 0.2) is 0 Å². The van der Waals surface area contributed by atoms with Crippen molar-refractivity contribution in [2.24, 2.45) is 5.92 Å². The number of aromatic nitrogens is 1. The summed E-state index contributed by atoms with van der Waals surface area (Å²) in [5.41, 5.74) is 2.14. The van der Waals surface area contributed by atoms with E-state index in [4.69, 9.17) is 11.6 Å². The van der Waals surface area contributed by atoms with E-state index in [1.54, 1.807) is 12.3 Å².